The predicted molar refractivity (Wildman–Crippen MR) is 66.1 cm³/mol. The summed E-state index contributed by atoms with van der Waals surface area (Å²) in [5, 5.41) is 8.52. The Balaban J connectivity index is 0.000000433. The monoisotopic (exact) mass is 332 g/mol. The number of nitrogens with one attached hydrogen (secondary N) is 1. The van der Waals surface area contributed by atoms with Crippen molar-refractivity contribution in [2.24, 2.45) is 0 Å². The number of nitrogens with zero attached hydrogens (tertiary/aromatic N) is 1. The highest BCUT2D eigenvalue weighted by Crippen LogP contribution is 2.21. The fraction of sp³-hybridized carbons (Fsp3) is 0.600. The van der Waals surface area contributed by atoms with Crippen LogP contribution in [-0.4, -0.2) is 39.5 Å². The van der Waals surface area contributed by atoms with Crippen LogP contribution in [0, 0.1) is 0 Å². The molecule has 122 valence electrons. The molecule has 0 saturated heterocycles. The lowest BCUT2D eigenvalue weighted by Crippen LogP contribution is -2.21. The van der Waals surface area contributed by atoms with Crippen molar-refractivity contribution in [3.05, 3.63) is 18.2 Å². The van der Waals surface area contributed by atoms with Gasteiger partial charge in [-0.1, -0.05) is 6.92 Å². The topological polar surface area (TPSA) is 120 Å². The van der Waals surface area contributed by atoms with Gasteiger partial charge < -0.3 is 10.1 Å². The summed E-state index contributed by atoms with van der Waals surface area (Å²) in [6, 6.07) is 0. The molecule has 1 rings (SSSR count). The number of aromatic nitrogens is 2. The molecule has 0 aliphatic heterocycles. The van der Waals surface area contributed by atoms with Gasteiger partial charge in [0.1, 0.15) is 5.82 Å². The number of H-pyrrole nitrogens is 1. The van der Waals surface area contributed by atoms with Gasteiger partial charge in [-0.25, -0.2) is 4.98 Å². The molecule has 1 unspecified atom stereocenters. The minimum absolute atomic E-state index is 0.208. The van der Waals surface area contributed by atoms with Crippen LogP contribution in [-0.2, 0) is 14.9 Å². The number of halogens is 3. The molecule has 1 aromatic rings. The number of imidazole rings is 1. The minimum atomic E-state index is -5.84. The number of carboxylic acid groups (broad SMARTS) is 1. The van der Waals surface area contributed by atoms with Crippen LogP contribution in [0.25, 0.3) is 0 Å². The molecule has 0 aliphatic rings. The zero-order chi connectivity index (χ0) is 16.7. The number of aliphatic carboxylic acids is 1. The predicted octanol–water partition coefficient (Wildman–Crippen LogP) is 2.16. The fourth-order valence-electron chi connectivity index (χ4n) is 1.33. The maximum atomic E-state index is 10.7. The van der Waals surface area contributed by atoms with Crippen LogP contribution in [0.3, 0.4) is 0 Å². The van der Waals surface area contributed by atoms with Crippen LogP contribution < -0.4 is 0 Å². The lowest BCUT2D eigenvalue weighted by molar-refractivity contribution is -0.137. The van der Waals surface area contributed by atoms with Gasteiger partial charge in [0.2, 0.25) is 0 Å². The van der Waals surface area contributed by atoms with E-state index in [4.69, 9.17) is 18.1 Å². The number of carboxylic acids is 1. The number of hydrogen-bond acceptors (Lipinski definition) is 4. The second-order valence-electron chi connectivity index (χ2n) is 3.93. The third kappa shape index (κ3) is 7.66. The van der Waals surface area contributed by atoms with E-state index >= 15 is 0 Å². The number of rotatable bonds is 5. The van der Waals surface area contributed by atoms with E-state index in [0.717, 1.165) is 12.2 Å². The van der Waals surface area contributed by atoms with E-state index in [2.05, 4.69) is 9.97 Å². The van der Waals surface area contributed by atoms with Gasteiger partial charge in [0, 0.05) is 24.7 Å². The van der Waals surface area contributed by atoms with E-state index in [0.29, 0.717) is 6.42 Å². The van der Waals surface area contributed by atoms with Crippen molar-refractivity contribution >= 4 is 16.1 Å². The van der Waals surface area contributed by atoms with Crippen LogP contribution in [0.5, 0.6) is 0 Å². The fourth-order valence-corrected chi connectivity index (χ4v) is 1.33. The Kier molecular flexibility index (Phi) is 7.36. The molecule has 3 N–H and O–H groups in total. The Hall–Kier alpha value is -1.62. The number of carbonyl (C=O) groups is 1. The normalized spacial score (nSPS) is 13.2. The van der Waals surface area contributed by atoms with Gasteiger partial charge in [-0.05, 0) is 12.8 Å². The van der Waals surface area contributed by atoms with Crippen molar-refractivity contribution in [3.63, 3.8) is 0 Å². The van der Waals surface area contributed by atoms with Crippen molar-refractivity contribution in [3.8, 4) is 0 Å². The Morgan fingerprint density at radius 3 is 2.29 bits per heavy atom. The molecule has 0 saturated carbocycles. The first-order valence-electron chi connectivity index (χ1n) is 5.73. The maximum Gasteiger partial charge on any atom is 0.522 e. The Morgan fingerprint density at radius 1 is 1.48 bits per heavy atom. The van der Waals surface area contributed by atoms with Gasteiger partial charge in [-0.15, -0.1) is 0 Å². The van der Waals surface area contributed by atoms with E-state index in [1.807, 2.05) is 6.92 Å². The summed E-state index contributed by atoms with van der Waals surface area (Å²) in [4.78, 5) is 17.5. The van der Waals surface area contributed by atoms with E-state index in [9.17, 15) is 18.0 Å². The minimum Gasteiger partial charge on any atom is -0.481 e. The lowest BCUT2D eigenvalue weighted by atomic mass is 10.00. The first kappa shape index (κ1) is 19.4. The summed E-state index contributed by atoms with van der Waals surface area (Å²) in [7, 11) is -5.84. The Bertz CT molecular complexity index is 527. The SMILES string of the molecule is CCC(CCC(=O)O)c1ncc[nH]1.O=S(=O)(O)C(F)(F)F. The summed E-state index contributed by atoms with van der Waals surface area (Å²) in [5.74, 6) is 0.389. The van der Waals surface area contributed by atoms with Crippen LogP contribution in [0.2, 0.25) is 0 Å². The molecule has 0 bridgehead atoms. The lowest BCUT2D eigenvalue weighted by Gasteiger charge is -2.09. The second kappa shape index (κ2) is 7.98. The number of alkyl halides is 3. The third-order valence-corrected chi connectivity index (χ3v) is 2.98. The Morgan fingerprint density at radius 2 is 2.00 bits per heavy atom. The quantitative estimate of drug-likeness (QED) is 0.561. The van der Waals surface area contributed by atoms with Crippen molar-refractivity contribution in [2.75, 3.05) is 0 Å². The van der Waals surface area contributed by atoms with Crippen LogP contribution in [0.4, 0.5) is 13.2 Å². The second-order valence-corrected chi connectivity index (χ2v) is 5.35. The summed E-state index contributed by atoms with van der Waals surface area (Å²) in [5.41, 5.74) is -5.53. The zero-order valence-electron chi connectivity index (χ0n) is 11.0. The molecule has 1 aromatic heterocycles. The van der Waals surface area contributed by atoms with Gasteiger partial charge in [-0.2, -0.15) is 21.6 Å². The van der Waals surface area contributed by atoms with Crippen LogP contribution in [0.15, 0.2) is 12.4 Å². The Labute approximate surface area is 119 Å². The van der Waals surface area contributed by atoms with Gasteiger partial charge in [0.15, 0.2) is 0 Å². The number of aromatic amines is 1. The van der Waals surface area contributed by atoms with E-state index in [1.165, 1.54) is 0 Å². The van der Waals surface area contributed by atoms with Crippen molar-refractivity contribution < 1.29 is 36.0 Å². The van der Waals surface area contributed by atoms with Crippen molar-refractivity contribution in [1.82, 2.24) is 9.97 Å². The molecule has 0 aliphatic carbocycles. The highest BCUT2D eigenvalue weighted by atomic mass is 32.2. The van der Waals surface area contributed by atoms with E-state index in [-0.39, 0.29) is 12.3 Å². The van der Waals surface area contributed by atoms with Gasteiger partial charge >= 0.3 is 21.6 Å². The van der Waals surface area contributed by atoms with Crippen molar-refractivity contribution in [1.29, 1.82) is 0 Å². The highest BCUT2D eigenvalue weighted by molar-refractivity contribution is 7.86. The van der Waals surface area contributed by atoms with Gasteiger partial charge in [0.25, 0.3) is 0 Å². The molecule has 1 heterocycles. The smallest absolute Gasteiger partial charge is 0.481 e. The number of hydrogen-bond donors (Lipinski definition) is 3. The molecule has 0 fully saturated rings. The van der Waals surface area contributed by atoms with E-state index < -0.39 is 21.6 Å². The average molecular weight is 332 g/mol. The van der Waals surface area contributed by atoms with Crippen LogP contribution in [0.1, 0.15) is 37.9 Å². The first-order valence-corrected chi connectivity index (χ1v) is 7.17. The molecule has 0 amide bonds. The van der Waals surface area contributed by atoms with Crippen LogP contribution >= 0.6 is 0 Å². The van der Waals surface area contributed by atoms with Gasteiger partial charge in [-0.3, -0.25) is 9.35 Å². The molecule has 1 atom stereocenters. The standard InChI is InChI=1S/C9H14N2O2.CHF3O3S/c1-2-7(3-4-8(12)13)9-10-5-6-11-9;2-1(3,4)8(5,6)7/h5-7H,2-4H2,1H3,(H,10,11)(H,12,13);(H,5,6,7). The largest absolute Gasteiger partial charge is 0.522 e. The van der Waals surface area contributed by atoms with E-state index in [1.54, 1.807) is 12.4 Å². The summed E-state index contributed by atoms with van der Waals surface area (Å²) >= 11 is 0. The maximum absolute atomic E-state index is 10.7. The molecular formula is C10H15F3N2O5S. The molecule has 0 spiro atoms. The summed E-state index contributed by atoms with van der Waals surface area (Å²) < 4.78 is 57.5. The first-order chi connectivity index (χ1) is 9.49. The molecule has 21 heavy (non-hydrogen) atoms. The summed E-state index contributed by atoms with van der Waals surface area (Å²) in [6.07, 6.45) is 5.23. The molecular weight excluding hydrogens is 317 g/mol. The average Bonchev–Trinajstić information content (AvgIpc) is 2.81. The molecule has 11 heteroatoms. The molecule has 7 nitrogen and oxygen atoms in total. The molecule has 0 radical (unpaired) electrons. The summed E-state index contributed by atoms with van der Waals surface area (Å²) in [6.45, 7) is 2.04. The third-order valence-electron chi connectivity index (χ3n) is 2.40. The zero-order valence-corrected chi connectivity index (χ0v) is 11.8. The van der Waals surface area contributed by atoms with Gasteiger partial charge in [0.05, 0.1) is 0 Å². The highest BCUT2D eigenvalue weighted by Gasteiger charge is 2.44. The molecule has 0 aromatic carbocycles. The van der Waals surface area contributed by atoms with Crippen molar-refractivity contribution in [2.45, 2.75) is 37.6 Å².